The second-order valence-corrected chi connectivity index (χ2v) is 7.30. The molecule has 170 valence electrons. The van der Waals surface area contributed by atoms with Crippen LogP contribution in [0, 0.1) is 0 Å². The number of anilines is 1. The first-order chi connectivity index (χ1) is 14.7. The summed E-state index contributed by atoms with van der Waals surface area (Å²) < 4.78 is 10.7. The molecule has 31 heavy (non-hydrogen) atoms. The first-order valence-electron chi connectivity index (χ1n) is 10.2. The first-order valence-corrected chi connectivity index (χ1v) is 10.5. The van der Waals surface area contributed by atoms with Crippen molar-refractivity contribution in [2.24, 2.45) is 4.99 Å². The first kappa shape index (κ1) is 25.4. The highest BCUT2D eigenvalue weighted by Gasteiger charge is 2.25. The summed E-state index contributed by atoms with van der Waals surface area (Å²) in [5, 5.41) is 7.52. The van der Waals surface area contributed by atoms with Crippen LogP contribution < -0.4 is 20.3 Å². The molecule has 8 nitrogen and oxygen atoms in total. The predicted octanol–water partition coefficient (Wildman–Crippen LogP) is 3.11. The Balaban J connectivity index is 0.00000341. The van der Waals surface area contributed by atoms with E-state index in [1.807, 2.05) is 24.3 Å². The number of pyridine rings is 2. The summed E-state index contributed by atoms with van der Waals surface area (Å²) in [5.74, 6) is 2.19. The van der Waals surface area contributed by atoms with Gasteiger partial charge in [0.25, 0.3) is 0 Å². The summed E-state index contributed by atoms with van der Waals surface area (Å²) in [5.41, 5.74) is 0.930. The fourth-order valence-electron chi connectivity index (χ4n) is 3.25. The highest BCUT2D eigenvalue weighted by Crippen LogP contribution is 2.25. The molecule has 1 saturated heterocycles. The van der Waals surface area contributed by atoms with Gasteiger partial charge in [0.05, 0.1) is 18.2 Å². The number of rotatable bonds is 9. The fraction of sp³-hybridized carbons (Fsp3) is 0.476. The number of guanidine groups is 1. The molecule has 3 rings (SSSR count). The van der Waals surface area contributed by atoms with Gasteiger partial charge in [0.1, 0.15) is 12.4 Å². The molecule has 0 amide bonds. The topological polar surface area (TPSA) is 83.9 Å². The lowest BCUT2D eigenvalue weighted by Crippen LogP contribution is -2.44. The SMILES string of the molecule is CCNC(=NCc1cccnc1OCCOC)NC1CCN(c2ncccc2Cl)C1.I. The Hall–Kier alpha value is -1.85. The minimum Gasteiger partial charge on any atom is -0.475 e. The van der Waals surface area contributed by atoms with Crippen molar-refractivity contribution in [2.75, 3.05) is 44.9 Å². The summed E-state index contributed by atoms with van der Waals surface area (Å²) in [7, 11) is 1.65. The third-order valence-electron chi connectivity index (χ3n) is 4.70. The summed E-state index contributed by atoms with van der Waals surface area (Å²) in [6.07, 6.45) is 4.47. The van der Waals surface area contributed by atoms with Gasteiger partial charge in [-0.3, -0.25) is 0 Å². The monoisotopic (exact) mass is 560 g/mol. The smallest absolute Gasteiger partial charge is 0.218 e. The molecule has 1 aliphatic heterocycles. The fourth-order valence-corrected chi connectivity index (χ4v) is 3.50. The number of methoxy groups -OCH3 is 1. The Morgan fingerprint density at radius 3 is 2.84 bits per heavy atom. The lowest BCUT2D eigenvalue weighted by Gasteiger charge is -2.20. The largest absolute Gasteiger partial charge is 0.475 e. The van der Waals surface area contributed by atoms with Crippen LogP contribution in [-0.4, -0.2) is 61.9 Å². The molecule has 10 heteroatoms. The Kier molecular flexibility index (Phi) is 11.1. The second kappa shape index (κ2) is 13.5. The number of aromatic nitrogens is 2. The summed E-state index contributed by atoms with van der Waals surface area (Å²) >= 11 is 6.30. The standard InChI is InChI=1S/C21H29ClN6O2.HI/c1-3-23-21(26-14-16-6-4-10-25-20(16)30-13-12-29-2)27-17-8-11-28(15-17)19-18(22)7-5-9-24-19;/h4-7,9-10,17H,3,8,11-15H2,1-2H3,(H2,23,26,27);1H. The minimum absolute atomic E-state index is 0. The van der Waals surface area contributed by atoms with Crippen LogP contribution >= 0.6 is 35.6 Å². The van der Waals surface area contributed by atoms with Crippen molar-refractivity contribution in [3.05, 3.63) is 47.2 Å². The van der Waals surface area contributed by atoms with Crippen LogP contribution in [0.5, 0.6) is 5.88 Å². The van der Waals surface area contributed by atoms with Crippen molar-refractivity contribution in [2.45, 2.75) is 25.9 Å². The van der Waals surface area contributed by atoms with Crippen molar-refractivity contribution in [3.8, 4) is 5.88 Å². The van der Waals surface area contributed by atoms with Crippen LogP contribution in [-0.2, 0) is 11.3 Å². The van der Waals surface area contributed by atoms with Crippen LogP contribution in [0.2, 0.25) is 5.02 Å². The average molecular weight is 561 g/mol. The van der Waals surface area contributed by atoms with E-state index in [1.165, 1.54) is 0 Å². The highest BCUT2D eigenvalue weighted by molar-refractivity contribution is 14.0. The van der Waals surface area contributed by atoms with Gasteiger partial charge in [-0.1, -0.05) is 17.7 Å². The molecule has 2 aromatic heterocycles. The molecule has 1 unspecified atom stereocenters. The molecule has 0 bridgehead atoms. The lowest BCUT2D eigenvalue weighted by molar-refractivity contribution is 0.143. The molecule has 0 radical (unpaired) electrons. The zero-order valence-corrected chi connectivity index (χ0v) is 21.0. The lowest BCUT2D eigenvalue weighted by atomic mass is 10.2. The van der Waals surface area contributed by atoms with Crippen molar-refractivity contribution in [1.82, 2.24) is 20.6 Å². The molecule has 0 saturated carbocycles. The van der Waals surface area contributed by atoms with E-state index in [1.54, 1.807) is 19.5 Å². The molecular weight excluding hydrogens is 531 g/mol. The molecular formula is C21H30ClIN6O2. The van der Waals surface area contributed by atoms with E-state index in [0.717, 1.165) is 43.4 Å². The van der Waals surface area contributed by atoms with E-state index in [4.69, 9.17) is 26.1 Å². The van der Waals surface area contributed by atoms with Gasteiger partial charge >= 0.3 is 0 Å². The summed E-state index contributed by atoms with van der Waals surface area (Å²) in [4.78, 5) is 15.7. The molecule has 3 heterocycles. The summed E-state index contributed by atoms with van der Waals surface area (Å²) in [6, 6.07) is 7.84. The number of ether oxygens (including phenoxy) is 2. The molecule has 2 aromatic rings. The average Bonchev–Trinajstić information content (AvgIpc) is 3.22. The maximum absolute atomic E-state index is 6.30. The molecule has 1 atom stereocenters. The Labute approximate surface area is 205 Å². The third kappa shape index (κ3) is 7.65. The highest BCUT2D eigenvalue weighted by atomic mass is 127. The van der Waals surface area contributed by atoms with Gasteiger partial charge < -0.3 is 25.0 Å². The van der Waals surface area contributed by atoms with Gasteiger partial charge in [-0.15, -0.1) is 24.0 Å². The Morgan fingerprint density at radius 2 is 2.06 bits per heavy atom. The molecule has 0 aromatic carbocycles. The second-order valence-electron chi connectivity index (χ2n) is 6.89. The van der Waals surface area contributed by atoms with Crippen LogP contribution in [0.4, 0.5) is 5.82 Å². The Morgan fingerprint density at radius 1 is 1.26 bits per heavy atom. The maximum Gasteiger partial charge on any atom is 0.218 e. The van der Waals surface area contributed by atoms with Crippen LogP contribution in [0.1, 0.15) is 18.9 Å². The Bertz CT molecular complexity index is 841. The molecule has 0 spiro atoms. The van der Waals surface area contributed by atoms with Crippen molar-refractivity contribution in [3.63, 3.8) is 0 Å². The molecule has 2 N–H and O–H groups in total. The van der Waals surface area contributed by atoms with Gasteiger partial charge in [0.15, 0.2) is 5.96 Å². The normalized spacial score (nSPS) is 16.0. The minimum atomic E-state index is 0. The van der Waals surface area contributed by atoms with Gasteiger partial charge in [-0.25, -0.2) is 15.0 Å². The molecule has 0 aliphatic carbocycles. The van der Waals surface area contributed by atoms with Gasteiger partial charge in [-0.2, -0.15) is 0 Å². The van der Waals surface area contributed by atoms with Crippen LogP contribution in [0.25, 0.3) is 0 Å². The van der Waals surface area contributed by atoms with E-state index < -0.39 is 0 Å². The predicted molar refractivity (Wildman–Crippen MR) is 135 cm³/mol. The maximum atomic E-state index is 6.30. The van der Waals surface area contributed by atoms with Gasteiger partial charge in [0, 0.05) is 50.7 Å². The van der Waals surface area contributed by atoms with Crippen LogP contribution in [0.3, 0.4) is 0 Å². The van der Waals surface area contributed by atoms with E-state index in [9.17, 15) is 0 Å². The van der Waals surface area contributed by atoms with Crippen LogP contribution in [0.15, 0.2) is 41.7 Å². The van der Waals surface area contributed by atoms with E-state index in [-0.39, 0.29) is 30.0 Å². The number of nitrogens with one attached hydrogen (secondary N) is 2. The van der Waals surface area contributed by atoms with E-state index in [2.05, 4.69) is 32.4 Å². The number of aliphatic imine (C=N–C) groups is 1. The summed E-state index contributed by atoms with van der Waals surface area (Å²) in [6.45, 7) is 5.98. The molecule has 1 aliphatic rings. The van der Waals surface area contributed by atoms with Gasteiger partial charge in [0.2, 0.25) is 5.88 Å². The molecule has 1 fully saturated rings. The van der Waals surface area contributed by atoms with Crippen molar-refractivity contribution < 1.29 is 9.47 Å². The van der Waals surface area contributed by atoms with Crippen molar-refractivity contribution in [1.29, 1.82) is 0 Å². The number of nitrogens with zero attached hydrogens (tertiary/aromatic N) is 4. The third-order valence-corrected chi connectivity index (χ3v) is 4.99. The zero-order chi connectivity index (χ0) is 21.2. The quantitative estimate of drug-likeness (QED) is 0.211. The van der Waals surface area contributed by atoms with E-state index in [0.29, 0.717) is 30.7 Å². The number of hydrogen-bond acceptors (Lipinski definition) is 6. The van der Waals surface area contributed by atoms with E-state index >= 15 is 0 Å². The van der Waals surface area contributed by atoms with Crippen molar-refractivity contribution >= 4 is 47.4 Å². The number of hydrogen-bond donors (Lipinski definition) is 2. The van der Waals surface area contributed by atoms with Gasteiger partial charge in [-0.05, 0) is 31.5 Å². The zero-order valence-electron chi connectivity index (χ0n) is 17.9. The number of halogens is 2.